The molecule has 3 N–H and O–H groups in total. The molecule has 3 amide bonds. The fourth-order valence-corrected chi connectivity index (χ4v) is 3.48. The fraction of sp³-hybridized carbons (Fsp3) is 0.348. The molecule has 0 aliphatic heterocycles. The second kappa shape index (κ2) is 10.4. The Balaban J connectivity index is 1.39. The molecule has 0 radical (unpaired) electrons. The van der Waals surface area contributed by atoms with Gasteiger partial charge in [-0.25, -0.2) is 4.79 Å². The molecule has 158 valence electrons. The number of carbonyl (C=O) groups is 3. The van der Waals surface area contributed by atoms with Gasteiger partial charge in [0.25, 0.3) is 5.91 Å². The number of nitrogens with one attached hydrogen (secondary N) is 3. The van der Waals surface area contributed by atoms with Crippen LogP contribution in [0.15, 0.2) is 54.6 Å². The molecule has 0 unspecified atom stereocenters. The van der Waals surface area contributed by atoms with Gasteiger partial charge in [-0.05, 0) is 49.4 Å². The highest BCUT2D eigenvalue weighted by Gasteiger charge is 2.25. The van der Waals surface area contributed by atoms with E-state index in [-0.39, 0.29) is 24.9 Å². The van der Waals surface area contributed by atoms with Crippen molar-refractivity contribution in [3.05, 3.63) is 65.7 Å². The Morgan fingerprint density at radius 2 is 1.80 bits per heavy atom. The van der Waals surface area contributed by atoms with Crippen molar-refractivity contribution in [3.63, 3.8) is 0 Å². The standard InChI is InChI=1S/C23H27N3O4/c1-16(22(28)26-20-13-7-9-17-8-5-6-12-19(17)20)30-21(27)14-15-24-23(29)25-18-10-3-2-4-11-18/h2-6,8,10-12,16,20H,7,9,13-15H2,1H3,(H,26,28)(H2,24,25,29)/t16-,20+/m1/s1. The van der Waals surface area contributed by atoms with Crippen LogP contribution in [-0.2, 0) is 20.7 Å². The molecular weight excluding hydrogens is 382 g/mol. The molecule has 1 aliphatic carbocycles. The number of aryl methyl sites for hydroxylation is 1. The zero-order chi connectivity index (χ0) is 21.3. The third-order valence-electron chi connectivity index (χ3n) is 5.01. The molecule has 2 atom stereocenters. The number of fused-ring (bicyclic) bond motifs is 1. The number of amides is 3. The van der Waals surface area contributed by atoms with Gasteiger partial charge >= 0.3 is 12.0 Å². The van der Waals surface area contributed by atoms with E-state index >= 15 is 0 Å². The molecule has 0 aromatic heterocycles. The van der Waals surface area contributed by atoms with Gasteiger partial charge in [0.1, 0.15) is 0 Å². The second-order valence-electron chi connectivity index (χ2n) is 7.28. The summed E-state index contributed by atoms with van der Waals surface area (Å²) in [6.45, 7) is 1.67. The number of esters is 1. The lowest BCUT2D eigenvalue weighted by Crippen LogP contribution is -2.39. The zero-order valence-corrected chi connectivity index (χ0v) is 17.0. The molecule has 1 aliphatic rings. The van der Waals surface area contributed by atoms with E-state index in [2.05, 4.69) is 22.0 Å². The van der Waals surface area contributed by atoms with Crippen LogP contribution in [0.1, 0.15) is 43.4 Å². The monoisotopic (exact) mass is 409 g/mol. The average molecular weight is 409 g/mol. The summed E-state index contributed by atoms with van der Waals surface area (Å²) in [6, 6.07) is 16.6. The van der Waals surface area contributed by atoms with E-state index in [0.717, 1.165) is 24.8 Å². The summed E-state index contributed by atoms with van der Waals surface area (Å²) in [5, 5.41) is 8.24. The van der Waals surface area contributed by atoms with Crippen LogP contribution in [0.4, 0.5) is 10.5 Å². The Labute approximate surface area is 176 Å². The van der Waals surface area contributed by atoms with Crippen LogP contribution < -0.4 is 16.0 Å². The smallest absolute Gasteiger partial charge is 0.319 e. The number of urea groups is 1. The number of carbonyl (C=O) groups excluding carboxylic acids is 3. The van der Waals surface area contributed by atoms with Crippen molar-refractivity contribution >= 4 is 23.6 Å². The van der Waals surface area contributed by atoms with Gasteiger partial charge in [0.05, 0.1) is 12.5 Å². The van der Waals surface area contributed by atoms with Gasteiger partial charge in [0.2, 0.25) is 0 Å². The number of anilines is 1. The largest absolute Gasteiger partial charge is 0.452 e. The van der Waals surface area contributed by atoms with Gasteiger partial charge in [-0.3, -0.25) is 9.59 Å². The van der Waals surface area contributed by atoms with Crippen molar-refractivity contribution in [2.24, 2.45) is 0 Å². The molecule has 3 rings (SSSR count). The number of para-hydroxylation sites is 1. The molecule has 2 aromatic carbocycles. The number of benzene rings is 2. The minimum Gasteiger partial charge on any atom is -0.452 e. The van der Waals surface area contributed by atoms with E-state index in [1.165, 1.54) is 5.56 Å². The molecular formula is C23H27N3O4. The maximum Gasteiger partial charge on any atom is 0.319 e. The van der Waals surface area contributed by atoms with E-state index in [9.17, 15) is 14.4 Å². The van der Waals surface area contributed by atoms with Crippen LogP contribution in [0.25, 0.3) is 0 Å². The summed E-state index contributed by atoms with van der Waals surface area (Å²) in [5.74, 6) is -0.860. The summed E-state index contributed by atoms with van der Waals surface area (Å²) in [4.78, 5) is 36.3. The van der Waals surface area contributed by atoms with Gasteiger partial charge in [0, 0.05) is 12.2 Å². The highest BCUT2D eigenvalue weighted by molar-refractivity contribution is 5.89. The van der Waals surface area contributed by atoms with Crippen molar-refractivity contribution in [1.82, 2.24) is 10.6 Å². The Hall–Kier alpha value is -3.35. The van der Waals surface area contributed by atoms with Crippen LogP contribution in [0.3, 0.4) is 0 Å². The van der Waals surface area contributed by atoms with Crippen molar-refractivity contribution in [2.75, 3.05) is 11.9 Å². The Bertz CT molecular complexity index is 885. The maximum atomic E-state index is 12.5. The van der Waals surface area contributed by atoms with Crippen LogP contribution in [0.5, 0.6) is 0 Å². The lowest BCUT2D eigenvalue weighted by Gasteiger charge is -2.27. The van der Waals surface area contributed by atoms with Crippen molar-refractivity contribution in [2.45, 2.75) is 44.8 Å². The van der Waals surface area contributed by atoms with Gasteiger partial charge in [-0.1, -0.05) is 42.5 Å². The van der Waals surface area contributed by atoms with Crippen LogP contribution >= 0.6 is 0 Å². The molecule has 0 heterocycles. The fourth-order valence-electron chi connectivity index (χ4n) is 3.48. The maximum absolute atomic E-state index is 12.5. The number of hydrogen-bond acceptors (Lipinski definition) is 4. The second-order valence-corrected chi connectivity index (χ2v) is 7.28. The first-order valence-electron chi connectivity index (χ1n) is 10.2. The molecule has 7 heteroatoms. The first-order valence-corrected chi connectivity index (χ1v) is 10.2. The summed E-state index contributed by atoms with van der Waals surface area (Å²) >= 11 is 0. The molecule has 0 saturated heterocycles. The highest BCUT2D eigenvalue weighted by Crippen LogP contribution is 2.29. The first-order chi connectivity index (χ1) is 14.5. The van der Waals surface area contributed by atoms with E-state index in [1.54, 1.807) is 19.1 Å². The van der Waals surface area contributed by atoms with E-state index in [1.807, 2.05) is 36.4 Å². The van der Waals surface area contributed by atoms with Crippen LogP contribution in [0.2, 0.25) is 0 Å². The molecule has 0 bridgehead atoms. The van der Waals surface area contributed by atoms with E-state index in [0.29, 0.717) is 5.69 Å². The predicted molar refractivity (Wildman–Crippen MR) is 114 cm³/mol. The SMILES string of the molecule is C[C@@H](OC(=O)CCNC(=O)Nc1ccccc1)C(=O)N[C@H]1CCCc2ccccc21. The lowest BCUT2D eigenvalue weighted by molar-refractivity contribution is -0.155. The number of hydrogen-bond donors (Lipinski definition) is 3. The van der Waals surface area contributed by atoms with Gasteiger partial charge in [-0.15, -0.1) is 0 Å². The molecule has 30 heavy (non-hydrogen) atoms. The Morgan fingerprint density at radius 1 is 1.07 bits per heavy atom. The molecule has 7 nitrogen and oxygen atoms in total. The summed E-state index contributed by atoms with van der Waals surface area (Å²) < 4.78 is 5.22. The van der Waals surface area contributed by atoms with Gasteiger partial charge in [-0.2, -0.15) is 0 Å². The topological polar surface area (TPSA) is 96.5 Å². The van der Waals surface area contributed by atoms with Crippen LogP contribution in [-0.4, -0.2) is 30.6 Å². The van der Waals surface area contributed by atoms with Crippen molar-refractivity contribution in [1.29, 1.82) is 0 Å². The summed E-state index contributed by atoms with van der Waals surface area (Å²) in [6.07, 6.45) is 1.96. The number of rotatable bonds is 7. The summed E-state index contributed by atoms with van der Waals surface area (Å²) in [7, 11) is 0. The quantitative estimate of drug-likeness (QED) is 0.611. The average Bonchev–Trinajstić information content (AvgIpc) is 2.74. The molecule has 0 spiro atoms. The predicted octanol–water partition coefficient (Wildman–Crippen LogP) is 3.32. The van der Waals surface area contributed by atoms with Gasteiger partial charge in [0.15, 0.2) is 6.10 Å². The molecule has 0 saturated carbocycles. The minimum atomic E-state index is -0.898. The van der Waals surface area contributed by atoms with E-state index < -0.39 is 18.1 Å². The highest BCUT2D eigenvalue weighted by atomic mass is 16.5. The molecule has 0 fully saturated rings. The number of ether oxygens (including phenoxy) is 1. The first kappa shape index (κ1) is 21.4. The van der Waals surface area contributed by atoms with Crippen LogP contribution in [0, 0.1) is 0 Å². The Kier molecular flexibility index (Phi) is 7.43. The Morgan fingerprint density at radius 3 is 2.60 bits per heavy atom. The summed E-state index contributed by atoms with van der Waals surface area (Å²) in [5.41, 5.74) is 3.04. The third kappa shape index (κ3) is 6.07. The lowest BCUT2D eigenvalue weighted by atomic mass is 9.87. The third-order valence-corrected chi connectivity index (χ3v) is 5.01. The van der Waals surface area contributed by atoms with E-state index in [4.69, 9.17) is 4.74 Å². The molecule has 2 aromatic rings. The van der Waals surface area contributed by atoms with Gasteiger partial charge < -0.3 is 20.7 Å². The zero-order valence-electron chi connectivity index (χ0n) is 17.0. The van der Waals surface area contributed by atoms with Crippen molar-refractivity contribution < 1.29 is 19.1 Å². The van der Waals surface area contributed by atoms with Crippen molar-refractivity contribution in [3.8, 4) is 0 Å². The normalized spacial score (nSPS) is 16.0. The minimum absolute atomic E-state index is 0.0217.